The number of carbonyl (C=O) groups excluding carboxylic acids is 2. The molecule has 0 saturated heterocycles. The first-order chi connectivity index (χ1) is 14.2. The molecule has 7 nitrogen and oxygen atoms in total. The summed E-state index contributed by atoms with van der Waals surface area (Å²) in [5.74, 6) is -0.406. The third-order valence-electron chi connectivity index (χ3n) is 3.66. The quantitative estimate of drug-likeness (QED) is 0.505. The predicted molar refractivity (Wildman–Crippen MR) is 102 cm³/mol. The molecule has 160 valence electrons. The maximum Gasteiger partial charge on any atom is 0.416 e. The molecule has 0 aliphatic heterocycles. The summed E-state index contributed by atoms with van der Waals surface area (Å²) >= 11 is 0. The van der Waals surface area contributed by atoms with Gasteiger partial charge in [0.2, 0.25) is 5.91 Å². The van der Waals surface area contributed by atoms with Gasteiger partial charge in [-0.1, -0.05) is 29.4 Å². The Bertz CT molecular complexity index is 866. The van der Waals surface area contributed by atoms with Crippen molar-refractivity contribution in [3.05, 3.63) is 65.2 Å². The number of nitrogens with one attached hydrogen (secondary N) is 2. The van der Waals surface area contributed by atoms with Crippen LogP contribution in [0, 0.1) is 0 Å². The number of carbonyl (C=O) groups is 2. The van der Waals surface area contributed by atoms with E-state index in [-0.39, 0.29) is 13.2 Å². The van der Waals surface area contributed by atoms with E-state index in [2.05, 4.69) is 16.0 Å². The van der Waals surface area contributed by atoms with Gasteiger partial charge in [0, 0.05) is 19.6 Å². The summed E-state index contributed by atoms with van der Waals surface area (Å²) in [6, 6.07) is 11.6. The molecular formula is C20H20F3N3O4. The molecule has 0 unspecified atom stereocenters. The maximum absolute atomic E-state index is 12.5. The third kappa shape index (κ3) is 8.21. The Labute approximate surface area is 170 Å². The van der Waals surface area contributed by atoms with E-state index < -0.39 is 23.6 Å². The van der Waals surface area contributed by atoms with Gasteiger partial charge in [-0.25, -0.2) is 0 Å². The molecule has 0 saturated carbocycles. The zero-order valence-corrected chi connectivity index (χ0v) is 16.0. The zero-order valence-electron chi connectivity index (χ0n) is 16.0. The molecule has 0 aliphatic rings. The van der Waals surface area contributed by atoms with Crippen molar-refractivity contribution in [2.45, 2.75) is 26.1 Å². The molecule has 30 heavy (non-hydrogen) atoms. The van der Waals surface area contributed by atoms with Crippen molar-refractivity contribution >= 4 is 18.0 Å². The van der Waals surface area contributed by atoms with Crippen LogP contribution in [-0.4, -0.2) is 24.6 Å². The summed E-state index contributed by atoms with van der Waals surface area (Å²) in [6.07, 6.45) is -2.37. The number of amides is 2. The smallest absolute Gasteiger partial charge is 0.416 e. The summed E-state index contributed by atoms with van der Waals surface area (Å²) in [6.45, 7) is 1.07. The lowest BCUT2D eigenvalue weighted by atomic mass is 10.1. The molecule has 0 atom stereocenters. The highest BCUT2D eigenvalue weighted by molar-refractivity contribution is 5.81. The van der Waals surface area contributed by atoms with Crippen molar-refractivity contribution in [3.8, 4) is 5.75 Å². The van der Waals surface area contributed by atoms with Crippen LogP contribution in [0.2, 0.25) is 0 Å². The molecule has 2 N–H and O–H groups in total. The first-order valence-corrected chi connectivity index (χ1v) is 8.81. The molecule has 2 aromatic rings. The minimum absolute atomic E-state index is 0.0575. The Balaban J connectivity index is 1.70. The monoisotopic (exact) mass is 423 g/mol. The lowest BCUT2D eigenvalue weighted by Gasteiger charge is -2.08. The second-order valence-electron chi connectivity index (χ2n) is 6.12. The number of ether oxygens (including phenoxy) is 1. The summed E-state index contributed by atoms with van der Waals surface area (Å²) in [7, 11) is 0. The number of hydrogen-bond acceptors (Lipinski definition) is 5. The number of benzene rings is 2. The average molecular weight is 423 g/mol. The van der Waals surface area contributed by atoms with E-state index in [1.54, 1.807) is 24.3 Å². The van der Waals surface area contributed by atoms with Crippen molar-refractivity contribution in [1.29, 1.82) is 0 Å². The lowest BCUT2D eigenvalue weighted by molar-refractivity contribution is -0.137. The Morgan fingerprint density at radius 3 is 2.23 bits per heavy atom. The molecule has 0 spiro atoms. The van der Waals surface area contributed by atoms with Crippen molar-refractivity contribution < 1.29 is 32.3 Å². The molecule has 2 amide bonds. The van der Waals surface area contributed by atoms with Crippen LogP contribution < -0.4 is 15.6 Å². The van der Waals surface area contributed by atoms with Crippen LogP contribution >= 0.6 is 0 Å². The number of nitrogens with zero attached hydrogens (tertiary/aromatic N) is 1. The van der Waals surface area contributed by atoms with Gasteiger partial charge < -0.3 is 9.57 Å². The number of oxime groups is 1. The number of hydrazine groups is 1. The summed E-state index contributed by atoms with van der Waals surface area (Å²) < 4.78 is 42.8. The Morgan fingerprint density at radius 1 is 1.00 bits per heavy atom. The van der Waals surface area contributed by atoms with E-state index >= 15 is 0 Å². The predicted octanol–water partition coefficient (Wildman–Crippen LogP) is 3.00. The number of rotatable bonds is 8. The molecule has 0 heterocycles. The second-order valence-corrected chi connectivity index (χ2v) is 6.12. The van der Waals surface area contributed by atoms with Gasteiger partial charge in [0.25, 0.3) is 5.91 Å². The molecular weight excluding hydrogens is 403 g/mol. The van der Waals surface area contributed by atoms with Crippen molar-refractivity contribution in [1.82, 2.24) is 10.9 Å². The van der Waals surface area contributed by atoms with Gasteiger partial charge in [-0.05, 0) is 35.4 Å². The Kier molecular flexibility index (Phi) is 8.21. The minimum atomic E-state index is -4.36. The Morgan fingerprint density at radius 2 is 1.63 bits per heavy atom. The normalized spacial score (nSPS) is 11.2. The maximum atomic E-state index is 12.5. The van der Waals surface area contributed by atoms with Gasteiger partial charge >= 0.3 is 6.18 Å². The van der Waals surface area contributed by atoms with Crippen LogP contribution in [0.4, 0.5) is 13.2 Å². The van der Waals surface area contributed by atoms with Crippen LogP contribution in [0.1, 0.15) is 23.6 Å². The molecule has 0 fully saturated rings. The second kappa shape index (κ2) is 10.8. The highest BCUT2D eigenvalue weighted by Gasteiger charge is 2.29. The highest BCUT2D eigenvalue weighted by Crippen LogP contribution is 2.29. The van der Waals surface area contributed by atoms with E-state index in [1.165, 1.54) is 25.3 Å². The van der Waals surface area contributed by atoms with E-state index in [9.17, 15) is 22.8 Å². The Hall–Kier alpha value is -3.56. The van der Waals surface area contributed by atoms with Crippen LogP contribution in [-0.2, 0) is 33.6 Å². The van der Waals surface area contributed by atoms with Crippen LogP contribution in [0.3, 0.4) is 0 Å². The summed E-state index contributed by atoms with van der Waals surface area (Å²) in [5, 5.41) is 3.78. The molecule has 0 aromatic heterocycles. The summed E-state index contributed by atoms with van der Waals surface area (Å²) in [5.41, 5.74) is 5.10. The summed E-state index contributed by atoms with van der Waals surface area (Å²) in [4.78, 5) is 27.2. The molecule has 0 bridgehead atoms. The first kappa shape index (κ1) is 22.7. The van der Waals surface area contributed by atoms with Gasteiger partial charge in [-0.3, -0.25) is 20.4 Å². The average Bonchev–Trinajstić information content (AvgIpc) is 2.71. The molecule has 0 aliphatic carbocycles. The SMILES string of the molecule is CC(=O)NNC(=O)COc1ccc(CC=NOCc2ccc(C(F)(F)F)cc2)cc1. The van der Waals surface area contributed by atoms with E-state index in [1.807, 2.05) is 0 Å². The standard InChI is InChI=1S/C20H20F3N3O4/c1-14(27)25-26-19(28)13-29-18-8-4-15(5-9-18)10-11-24-30-12-16-2-6-17(7-3-16)20(21,22)23/h2-9,11H,10,12-13H2,1H3,(H,25,27)(H,26,28). The molecule has 2 rings (SSSR count). The van der Waals surface area contributed by atoms with E-state index in [0.29, 0.717) is 17.7 Å². The van der Waals surface area contributed by atoms with Crippen LogP contribution in [0.5, 0.6) is 5.75 Å². The third-order valence-corrected chi connectivity index (χ3v) is 3.66. The van der Waals surface area contributed by atoms with Crippen molar-refractivity contribution in [2.24, 2.45) is 5.16 Å². The van der Waals surface area contributed by atoms with Gasteiger partial charge in [0.15, 0.2) is 6.61 Å². The van der Waals surface area contributed by atoms with E-state index in [0.717, 1.165) is 17.7 Å². The molecule has 2 aromatic carbocycles. The van der Waals surface area contributed by atoms with Crippen molar-refractivity contribution in [3.63, 3.8) is 0 Å². The van der Waals surface area contributed by atoms with Gasteiger partial charge in [0.05, 0.1) is 5.56 Å². The van der Waals surface area contributed by atoms with Crippen LogP contribution in [0.15, 0.2) is 53.7 Å². The minimum Gasteiger partial charge on any atom is -0.484 e. The molecule has 10 heteroatoms. The fourth-order valence-electron chi connectivity index (χ4n) is 2.16. The number of hydrogen-bond donors (Lipinski definition) is 2. The molecule has 0 radical (unpaired) electrons. The first-order valence-electron chi connectivity index (χ1n) is 8.81. The fraction of sp³-hybridized carbons (Fsp3) is 0.250. The van der Waals surface area contributed by atoms with Crippen molar-refractivity contribution in [2.75, 3.05) is 6.61 Å². The lowest BCUT2D eigenvalue weighted by Crippen LogP contribution is -2.42. The largest absolute Gasteiger partial charge is 0.484 e. The van der Waals surface area contributed by atoms with Crippen LogP contribution in [0.25, 0.3) is 0 Å². The van der Waals surface area contributed by atoms with Gasteiger partial charge in [-0.2, -0.15) is 13.2 Å². The highest BCUT2D eigenvalue weighted by atomic mass is 19.4. The van der Waals surface area contributed by atoms with E-state index in [4.69, 9.17) is 9.57 Å². The number of halogens is 3. The zero-order chi connectivity index (χ0) is 22.0. The van der Waals surface area contributed by atoms with Gasteiger partial charge in [-0.15, -0.1) is 0 Å². The topological polar surface area (TPSA) is 89.0 Å². The van der Waals surface area contributed by atoms with Gasteiger partial charge in [0.1, 0.15) is 12.4 Å². The number of alkyl halides is 3. The fourth-order valence-corrected chi connectivity index (χ4v) is 2.16.